The van der Waals surface area contributed by atoms with Gasteiger partial charge in [0, 0.05) is 6.54 Å². The van der Waals surface area contributed by atoms with E-state index in [0.29, 0.717) is 13.0 Å². The number of halogens is 1. The molecule has 0 saturated heterocycles. The maximum Gasteiger partial charge on any atom is 0.262 e. The van der Waals surface area contributed by atoms with Crippen molar-refractivity contribution in [3.05, 3.63) is 65.2 Å². The van der Waals surface area contributed by atoms with E-state index < -0.39 is 11.9 Å². The number of hydrogen-bond acceptors (Lipinski definition) is 5. The number of benzene rings is 1. The summed E-state index contributed by atoms with van der Waals surface area (Å²) < 4.78 is 19.1. The van der Waals surface area contributed by atoms with Gasteiger partial charge < -0.3 is 15.0 Å². The van der Waals surface area contributed by atoms with Crippen molar-refractivity contribution in [2.45, 2.75) is 39.7 Å². The first-order valence-corrected chi connectivity index (χ1v) is 11.0. The van der Waals surface area contributed by atoms with Gasteiger partial charge in [0.1, 0.15) is 24.0 Å². The Morgan fingerprint density at radius 1 is 1.22 bits per heavy atom. The third kappa shape index (κ3) is 7.78. The highest BCUT2D eigenvalue weighted by Gasteiger charge is 2.17. The van der Waals surface area contributed by atoms with E-state index in [2.05, 4.69) is 29.0 Å². The molecule has 1 unspecified atom stereocenters. The summed E-state index contributed by atoms with van der Waals surface area (Å²) in [4.78, 5) is 18.7. The van der Waals surface area contributed by atoms with Crippen molar-refractivity contribution in [2.24, 2.45) is 0 Å². The van der Waals surface area contributed by atoms with Gasteiger partial charge in [-0.1, -0.05) is 45.4 Å². The maximum absolute atomic E-state index is 13.3. The van der Waals surface area contributed by atoms with Crippen LogP contribution in [0.5, 0.6) is 5.75 Å². The van der Waals surface area contributed by atoms with E-state index in [1.165, 1.54) is 24.3 Å². The van der Waals surface area contributed by atoms with Crippen LogP contribution in [0.3, 0.4) is 0 Å². The van der Waals surface area contributed by atoms with Crippen molar-refractivity contribution in [3.63, 3.8) is 0 Å². The Hall–Kier alpha value is -3.24. The fraction of sp³-hybridized carbons (Fsp3) is 0.400. The van der Waals surface area contributed by atoms with Crippen LogP contribution in [0.1, 0.15) is 50.9 Å². The lowest BCUT2D eigenvalue weighted by Crippen LogP contribution is -2.29. The number of amides is 1. The summed E-state index contributed by atoms with van der Waals surface area (Å²) in [5.74, 6) is -0.409. The zero-order valence-corrected chi connectivity index (χ0v) is 19.0. The molecule has 1 aromatic carbocycles. The average Bonchev–Trinajstić information content (AvgIpc) is 2.80. The lowest BCUT2D eigenvalue weighted by molar-refractivity contribution is -0.117. The van der Waals surface area contributed by atoms with Crippen LogP contribution in [0.15, 0.2) is 48.0 Å². The van der Waals surface area contributed by atoms with E-state index in [-0.39, 0.29) is 17.3 Å². The Kier molecular flexibility index (Phi) is 10.3. The Bertz CT molecular complexity index is 934. The molecule has 32 heavy (non-hydrogen) atoms. The number of ether oxygens (including phenoxy) is 1. The van der Waals surface area contributed by atoms with E-state index in [9.17, 15) is 14.4 Å². The molecule has 0 spiro atoms. The quantitative estimate of drug-likeness (QED) is 0.300. The van der Waals surface area contributed by atoms with E-state index in [1.54, 1.807) is 0 Å². The third-order valence-corrected chi connectivity index (χ3v) is 5.13. The van der Waals surface area contributed by atoms with Crippen LogP contribution in [0.2, 0.25) is 0 Å². The fourth-order valence-electron chi connectivity index (χ4n) is 3.28. The molecular weight excluding hydrogens is 407 g/mol. The van der Waals surface area contributed by atoms with Crippen molar-refractivity contribution in [2.75, 3.05) is 26.2 Å². The van der Waals surface area contributed by atoms with E-state index in [0.717, 1.165) is 37.4 Å². The number of hydrogen-bond donors (Lipinski definition) is 1. The second-order valence-corrected chi connectivity index (χ2v) is 7.31. The van der Waals surface area contributed by atoms with Gasteiger partial charge in [-0.2, -0.15) is 9.65 Å². The molecule has 0 aliphatic carbocycles. The standard InChI is InChI=1S/C25H31FN4O2/c1-4-8-23(19-11-13-22(14-12-19)32-16-15-30(5-2)6-3)29-25(31)20(18-27)17-21-9-7-10-24(26)28-21/h7,9-14,17,23H,4-6,8,15-16H2,1-3H3,(H,29,31). The topological polar surface area (TPSA) is 78.2 Å². The summed E-state index contributed by atoms with van der Waals surface area (Å²) >= 11 is 0. The molecule has 0 bridgehead atoms. The molecule has 1 aromatic heterocycles. The van der Waals surface area contributed by atoms with Crippen molar-refractivity contribution in [1.29, 1.82) is 5.26 Å². The highest BCUT2D eigenvalue weighted by Crippen LogP contribution is 2.22. The summed E-state index contributed by atoms with van der Waals surface area (Å²) in [6.07, 6.45) is 2.85. The minimum Gasteiger partial charge on any atom is -0.492 e. The van der Waals surface area contributed by atoms with Crippen molar-refractivity contribution in [1.82, 2.24) is 15.2 Å². The first-order chi connectivity index (χ1) is 15.5. The van der Waals surface area contributed by atoms with Gasteiger partial charge in [0.2, 0.25) is 5.95 Å². The Morgan fingerprint density at radius 2 is 1.94 bits per heavy atom. The molecule has 1 amide bonds. The van der Waals surface area contributed by atoms with Gasteiger partial charge in [-0.25, -0.2) is 4.98 Å². The van der Waals surface area contributed by atoms with Crippen molar-refractivity contribution >= 4 is 12.0 Å². The molecule has 1 heterocycles. The first kappa shape index (κ1) is 25.0. The second-order valence-electron chi connectivity index (χ2n) is 7.31. The molecule has 0 aliphatic rings. The van der Waals surface area contributed by atoms with Crippen LogP contribution in [-0.2, 0) is 4.79 Å². The zero-order valence-electron chi connectivity index (χ0n) is 19.0. The molecule has 6 nitrogen and oxygen atoms in total. The number of nitriles is 1. The van der Waals surface area contributed by atoms with E-state index in [4.69, 9.17) is 4.74 Å². The normalized spacial score (nSPS) is 12.3. The lowest BCUT2D eigenvalue weighted by Gasteiger charge is -2.20. The lowest BCUT2D eigenvalue weighted by atomic mass is 10.0. The summed E-state index contributed by atoms with van der Waals surface area (Å²) in [6.45, 7) is 9.75. The van der Waals surface area contributed by atoms with Crippen LogP contribution >= 0.6 is 0 Å². The highest BCUT2D eigenvalue weighted by atomic mass is 19.1. The smallest absolute Gasteiger partial charge is 0.262 e. The van der Waals surface area contributed by atoms with E-state index >= 15 is 0 Å². The zero-order chi connectivity index (χ0) is 23.3. The number of likely N-dealkylation sites (N-methyl/N-ethyl adjacent to an activating group) is 1. The number of carbonyl (C=O) groups is 1. The molecule has 0 saturated carbocycles. The van der Waals surface area contributed by atoms with Gasteiger partial charge >= 0.3 is 0 Å². The molecule has 2 rings (SSSR count). The molecule has 1 N–H and O–H groups in total. The number of pyridine rings is 1. The molecule has 1 atom stereocenters. The summed E-state index contributed by atoms with van der Waals surface area (Å²) in [6, 6.07) is 13.5. The van der Waals surface area contributed by atoms with Crippen molar-refractivity contribution in [3.8, 4) is 11.8 Å². The molecule has 0 fully saturated rings. The van der Waals surface area contributed by atoms with Crippen LogP contribution in [-0.4, -0.2) is 42.0 Å². The van der Waals surface area contributed by atoms with Crippen LogP contribution < -0.4 is 10.1 Å². The molecule has 2 aromatic rings. The minimum atomic E-state index is -0.667. The second kappa shape index (κ2) is 13.2. The largest absolute Gasteiger partial charge is 0.492 e. The SMILES string of the molecule is CCCC(NC(=O)C(C#N)=Cc1cccc(F)n1)c1ccc(OCCN(CC)CC)cc1. The van der Waals surface area contributed by atoms with Gasteiger partial charge in [-0.05, 0) is 55.4 Å². The van der Waals surface area contributed by atoms with Crippen LogP contribution in [0.4, 0.5) is 4.39 Å². The number of nitrogens with zero attached hydrogens (tertiary/aromatic N) is 3. The molecule has 0 aliphatic heterocycles. The van der Waals surface area contributed by atoms with Gasteiger partial charge in [0.05, 0.1) is 11.7 Å². The average molecular weight is 439 g/mol. The number of rotatable bonds is 12. The Morgan fingerprint density at radius 3 is 2.53 bits per heavy atom. The molecular formula is C25H31FN4O2. The van der Waals surface area contributed by atoms with Gasteiger partial charge in [0.15, 0.2) is 0 Å². The van der Waals surface area contributed by atoms with Crippen LogP contribution in [0.25, 0.3) is 6.08 Å². The highest BCUT2D eigenvalue weighted by molar-refractivity contribution is 6.01. The Labute approximate surface area is 189 Å². The fourth-order valence-corrected chi connectivity index (χ4v) is 3.28. The van der Waals surface area contributed by atoms with Gasteiger partial charge in [0.25, 0.3) is 5.91 Å². The predicted molar refractivity (Wildman–Crippen MR) is 123 cm³/mol. The Balaban J connectivity index is 2.05. The van der Waals surface area contributed by atoms with Crippen molar-refractivity contribution < 1.29 is 13.9 Å². The molecule has 7 heteroatoms. The molecule has 0 radical (unpaired) electrons. The number of nitrogens with one attached hydrogen (secondary N) is 1. The minimum absolute atomic E-state index is 0.124. The number of carbonyl (C=O) groups excluding carboxylic acids is 1. The summed E-state index contributed by atoms with van der Waals surface area (Å²) in [5.41, 5.74) is 1.02. The molecule has 170 valence electrons. The monoisotopic (exact) mass is 438 g/mol. The van der Waals surface area contributed by atoms with Gasteiger partial charge in [-0.15, -0.1) is 0 Å². The van der Waals surface area contributed by atoms with E-state index in [1.807, 2.05) is 37.3 Å². The van der Waals surface area contributed by atoms with Gasteiger partial charge in [-0.3, -0.25) is 4.79 Å². The first-order valence-electron chi connectivity index (χ1n) is 11.0. The number of aromatic nitrogens is 1. The summed E-state index contributed by atoms with van der Waals surface area (Å²) in [5, 5.41) is 12.3. The predicted octanol–water partition coefficient (Wildman–Crippen LogP) is 4.51. The van der Waals surface area contributed by atoms with Crippen LogP contribution in [0, 0.1) is 17.3 Å². The maximum atomic E-state index is 13.3. The summed E-state index contributed by atoms with van der Waals surface area (Å²) in [7, 11) is 0. The third-order valence-electron chi connectivity index (χ3n) is 5.13.